The molecular formula is C14H16F3N. The van der Waals surface area contributed by atoms with Crippen LogP contribution in [0.1, 0.15) is 30.4 Å². The van der Waals surface area contributed by atoms with Gasteiger partial charge in [0.25, 0.3) is 0 Å². The first-order chi connectivity index (χ1) is 8.47. The predicted molar refractivity (Wildman–Crippen MR) is 65.1 cm³/mol. The molecule has 2 rings (SSSR count). The van der Waals surface area contributed by atoms with Crippen molar-refractivity contribution in [2.75, 3.05) is 0 Å². The lowest BCUT2D eigenvalue weighted by atomic mass is 9.90. The first-order valence-corrected chi connectivity index (χ1v) is 6.07. The van der Waals surface area contributed by atoms with Crippen molar-refractivity contribution in [3.63, 3.8) is 0 Å². The second-order valence-electron chi connectivity index (χ2n) is 4.71. The molecule has 0 bridgehead atoms. The van der Waals surface area contributed by atoms with Crippen molar-refractivity contribution in [2.24, 2.45) is 5.73 Å². The van der Waals surface area contributed by atoms with Gasteiger partial charge in [0.1, 0.15) is 0 Å². The van der Waals surface area contributed by atoms with E-state index in [9.17, 15) is 13.2 Å². The monoisotopic (exact) mass is 255 g/mol. The Kier molecular flexibility index (Phi) is 3.76. The van der Waals surface area contributed by atoms with E-state index in [0.717, 1.165) is 30.9 Å². The van der Waals surface area contributed by atoms with Gasteiger partial charge in [-0.2, -0.15) is 13.2 Å². The van der Waals surface area contributed by atoms with E-state index >= 15 is 0 Å². The maximum atomic E-state index is 12.8. The molecule has 0 amide bonds. The van der Waals surface area contributed by atoms with Crippen LogP contribution in [0.4, 0.5) is 13.2 Å². The zero-order chi connectivity index (χ0) is 13.2. The van der Waals surface area contributed by atoms with E-state index < -0.39 is 11.7 Å². The molecule has 0 aromatic heterocycles. The third kappa shape index (κ3) is 3.13. The van der Waals surface area contributed by atoms with Crippen LogP contribution in [0.25, 0.3) is 0 Å². The highest BCUT2D eigenvalue weighted by Crippen LogP contribution is 2.33. The Hall–Kier alpha value is -1.29. The number of hydrogen-bond acceptors (Lipinski definition) is 1. The van der Waals surface area contributed by atoms with Gasteiger partial charge in [-0.05, 0) is 37.3 Å². The van der Waals surface area contributed by atoms with Crippen LogP contribution in [0.3, 0.4) is 0 Å². The molecule has 0 aliphatic heterocycles. The van der Waals surface area contributed by atoms with Gasteiger partial charge < -0.3 is 5.73 Å². The summed E-state index contributed by atoms with van der Waals surface area (Å²) in [5.74, 6) is 0. The lowest BCUT2D eigenvalue weighted by Crippen LogP contribution is -2.21. The van der Waals surface area contributed by atoms with E-state index in [2.05, 4.69) is 0 Å². The Morgan fingerprint density at radius 1 is 1.22 bits per heavy atom. The second kappa shape index (κ2) is 5.14. The SMILES string of the molecule is NC1C=C(Cc2ccccc2C(F)(F)F)CCC1. The first kappa shape index (κ1) is 13.1. The number of allylic oxidation sites excluding steroid dienone is 1. The summed E-state index contributed by atoms with van der Waals surface area (Å²) in [4.78, 5) is 0. The van der Waals surface area contributed by atoms with Gasteiger partial charge in [0.2, 0.25) is 0 Å². The zero-order valence-corrected chi connectivity index (χ0v) is 10.0. The number of benzene rings is 1. The summed E-state index contributed by atoms with van der Waals surface area (Å²) in [7, 11) is 0. The number of halogens is 3. The summed E-state index contributed by atoms with van der Waals surface area (Å²) in [6, 6.07) is 5.75. The fraction of sp³-hybridized carbons (Fsp3) is 0.429. The lowest BCUT2D eigenvalue weighted by molar-refractivity contribution is -0.138. The lowest BCUT2D eigenvalue weighted by Gasteiger charge is -2.19. The first-order valence-electron chi connectivity index (χ1n) is 6.07. The minimum Gasteiger partial charge on any atom is -0.324 e. The average Bonchev–Trinajstić information content (AvgIpc) is 2.28. The molecule has 2 N–H and O–H groups in total. The molecule has 1 nitrogen and oxygen atoms in total. The molecule has 0 spiro atoms. The Bertz CT molecular complexity index is 449. The normalized spacial score (nSPS) is 20.7. The molecule has 98 valence electrons. The van der Waals surface area contributed by atoms with Crippen LogP contribution in [-0.2, 0) is 12.6 Å². The van der Waals surface area contributed by atoms with Crippen LogP contribution in [0.2, 0.25) is 0 Å². The molecule has 1 unspecified atom stereocenters. The van der Waals surface area contributed by atoms with E-state index in [-0.39, 0.29) is 6.04 Å². The van der Waals surface area contributed by atoms with Crippen molar-refractivity contribution in [2.45, 2.75) is 37.9 Å². The summed E-state index contributed by atoms with van der Waals surface area (Å²) in [5, 5.41) is 0. The van der Waals surface area contributed by atoms with Crippen molar-refractivity contribution >= 4 is 0 Å². The molecule has 0 heterocycles. The minimum atomic E-state index is -4.28. The summed E-state index contributed by atoms with van der Waals surface area (Å²) >= 11 is 0. The van der Waals surface area contributed by atoms with Crippen molar-refractivity contribution in [3.8, 4) is 0 Å². The molecule has 0 radical (unpaired) electrons. The van der Waals surface area contributed by atoms with Crippen molar-refractivity contribution in [1.29, 1.82) is 0 Å². The largest absolute Gasteiger partial charge is 0.416 e. The van der Waals surface area contributed by atoms with E-state index in [1.807, 2.05) is 6.08 Å². The fourth-order valence-electron chi connectivity index (χ4n) is 2.38. The maximum Gasteiger partial charge on any atom is 0.416 e. The van der Waals surface area contributed by atoms with Crippen LogP contribution < -0.4 is 5.73 Å². The standard InChI is InChI=1S/C14H16F3N/c15-14(16,17)13-7-2-1-5-11(13)8-10-4-3-6-12(18)9-10/h1-2,5,7,9,12H,3-4,6,8,18H2. The van der Waals surface area contributed by atoms with Crippen molar-refractivity contribution in [3.05, 3.63) is 47.0 Å². The van der Waals surface area contributed by atoms with E-state index in [1.54, 1.807) is 12.1 Å². The molecular weight excluding hydrogens is 239 g/mol. The van der Waals surface area contributed by atoms with E-state index in [1.165, 1.54) is 6.07 Å². The highest BCUT2D eigenvalue weighted by atomic mass is 19.4. The van der Waals surface area contributed by atoms with Crippen LogP contribution in [0.5, 0.6) is 0 Å². The van der Waals surface area contributed by atoms with Crippen LogP contribution in [-0.4, -0.2) is 6.04 Å². The third-order valence-electron chi connectivity index (χ3n) is 3.23. The van der Waals surface area contributed by atoms with Crippen LogP contribution >= 0.6 is 0 Å². The Morgan fingerprint density at radius 3 is 2.61 bits per heavy atom. The molecule has 1 aliphatic rings. The molecule has 0 saturated heterocycles. The smallest absolute Gasteiger partial charge is 0.324 e. The number of nitrogens with two attached hydrogens (primary N) is 1. The van der Waals surface area contributed by atoms with Crippen LogP contribution in [0.15, 0.2) is 35.9 Å². The zero-order valence-electron chi connectivity index (χ0n) is 10.0. The summed E-state index contributed by atoms with van der Waals surface area (Å²) in [5.41, 5.74) is 6.62. The highest BCUT2D eigenvalue weighted by molar-refractivity contribution is 5.33. The Balaban J connectivity index is 2.24. The molecule has 1 atom stereocenters. The number of rotatable bonds is 2. The summed E-state index contributed by atoms with van der Waals surface area (Å²) < 4.78 is 38.5. The second-order valence-corrected chi connectivity index (χ2v) is 4.71. The minimum absolute atomic E-state index is 0.00759. The topological polar surface area (TPSA) is 26.0 Å². The van der Waals surface area contributed by atoms with Gasteiger partial charge >= 0.3 is 6.18 Å². The quantitative estimate of drug-likeness (QED) is 0.801. The Labute approximate surface area is 104 Å². The molecule has 0 fully saturated rings. The van der Waals surface area contributed by atoms with Gasteiger partial charge in [0, 0.05) is 6.04 Å². The maximum absolute atomic E-state index is 12.8. The van der Waals surface area contributed by atoms with Gasteiger partial charge in [-0.15, -0.1) is 0 Å². The highest BCUT2D eigenvalue weighted by Gasteiger charge is 2.32. The van der Waals surface area contributed by atoms with E-state index in [4.69, 9.17) is 5.73 Å². The Morgan fingerprint density at radius 2 is 1.94 bits per heavy atom. The van der Waals surface area contributed by atoms with Gasteiger partial charge in [-0.25, -0.2) is 0 Å². The summed E-state index contributed by atoms with van der Waals surface area (Å²) in [6.45, 7) is 0. The van der Waals surface area contributed by atoms with Gasteiger partial charge in [0.05, 0.1) is 5.56 Å². The van der Waals surface area contributed by atoms with Gasteiger partial charge in [0.15, 0.2) is 0 Å². The summed E-state index contributed by atoms with van der Waals surface area (Å²) in [6.07, 6.45) is 0.708. The predicted octanol–water partition coefficient (Wildman–Crippen LogP) is 3.69. The average molecular weight is 255 g/mol. The van der Waals surface area contributed by atoms with Gasteiger partial charge in [-0.1, -0.05) is 29.8 Å². The molecule has 18 heavy (non-hydrogen) atoms. The van der Waals surface area contributed by atoms with Gasteiger partial charge in [-0.3, -0.25) is 0 Å². The molecule has 0 saturated carbocycles. The number of hydrogen-bond donors (Lipinski definition) is 1. The number of alkyl halides is 3. The molecule has 1 aliphatic carbocycles. The van der Waals surface area contributed by atoms with Crippen molar-refractivity contribution < 1.29 is 13.2 Å². The molecule has 4 heteroatoms. The molecule has 1 aromatic rings. The fourth-order valence-corrected chi connectivity index (χ4v) is 2.38. The third-order valence-corrected chi connectivity index (χ3v) is 3.23. The molecule has 1 aromatic carbocycles. The van der Waals surface area contributed by atoms with E-state index in [0.29, 0.717) is 12.0 Å². The van der Waals surface area contributed by atoms with Crippen molar-refractivity contribution in [1.82, 2.24) is 0 Å². The van der Waals surface area contributed by atoms with Crippen LogP contribution in [0, 0.1) is 0 Å².